The van der Waals surface area contributed by atoms with Gasteiger partial charge in [0.15, 0.2) is 0 Å². The molecule has 0 radical (unpaired) electrons. The summed E-state index contributed by atoms with van der Waals surface area (Å²) in [5.74, 6) is 0. The molecule has 14 nitrogen and oxygen atoms in total. The third-order valence-electron chi connectivity index (χ3n) is 12.2. The Bertz CT molecular complexity index is 2480. The van der Waals surface area contributed by atoms with Gasteiger partial charge in [0.1, 0.15) is 0 Å². The molecule has 4 unspecified atom stereocenters. The predicted molar refractivity (Wildman–Crippen MR) is 232 cm³/mol. The van der Waals surface area contributed by atoms with E-state index in [0.29, 0.717) is 38.8 Å². The number of β-amino-alcohol motifs (C(OH)–C–C–N with tert-alkyl or cyclic N) is 4. The van der Waals surface area contributed by atoms with Gasteiger partial charge in [-0.2, -0.15) is 26.3 Å². The van der Waals surface area contributed by atoms with E-state index in [9.17, 15) is 67.0 Å². The smallest absolute Gasteiger partial charge is 0.392 e. The average Bonchev–Trinajstić information content (AvgIpc) is 3.81. The number of piperidine rings is 2. The Labute approximate surface area is 373 Å². The quantitative estimate of drug-likeness (QED) is 0.0542. The van der Waals surface area contributed by atoms with Crippen LogP contribution in [0.15, 0.2) is 109 Å². The standard InChI is InChI=1S/2C23H24F3N3O4/c2*24-23(25,26)22(31,15-27-10-4-7-18(30)13-27)20-14-28(12-16-5-2-1-3-6-16)21-11-17(29(32)33)8-9-19(20)21/h2*1-3,5-6,8-9,11,14,18,30-31H,4,7,10,12-13,15H2. The normalized spacial score (nSPS) is 19.5. The van der Waals surface area contributed by atoms with Crippen LogP contribution in [0.25, 0.3) is 21.8 Å². The summed E-state index contributed by atoms with van der Waals surface area (Å²) >= 11 is 0. The van der Waals surface area contributed by atoms with Crippen molar-refractivity contribution in [2.45, 2.75) is 74.5 Å². The molecule has 6 aromatic rings. The minimum Gasteiger partial charge on any atom is -0.392 e. The van der Waals surface area contributed by atoms with Crippen LogP contribution in [0.1, 0.15) is 47.9 Å². The summed E-state index contributed by atoms with van der Waals surface area (Å²) in [5, 5.41) is 64.8. The highest BCUT2D eigenvalue weighted by molar-refractivity contribution is 5.88. The number of halogens is 6. The van der Waals surface area contributed by atoms with Gasteiger partial charge in [0.2, 0.25) is 11.2 Å². The van der Waals surface area contributed by atoms with Crippen LogP contribution in [-0.4, -0.2) is 113 Å². The summed E-state index contributed by atoms with van der Waals surface area (Å²) < 4.78 is 89.1. The molecule has 352 valence electrons. The molecule has 2 saturated heterocycles. The van der Waals surface area contributed by atoms with Gasteiger partial charge in [0.25, 0.3) is 11.4 Å². The van der Waals surface area contributed by atoms with E-state index < -0.39 is 58.7 Å². The number of aromatic nitrogens is 2. The number of rotatable bonds is 12. The summed E-state index contributed by atoms with van der Waals surface area (Å²) in [7, 11) is 0. The zero-order valence-corrected chi connectivity index (χ0v) is 35.4. The molecule has 66 heavy (non-hydrogen) atoms. The van der Waals surface area contributed by atoms with Gasteiger partial charge in [-0.25, -0.2) is 0 Å². The number of fused-ring (bicyclic) bond motifs is 2. The first-order valence-corrected chi connectivity index (χ1v) is 21.2. The molecule has 4 heterocycles. The van der Waals surface area contributed by atoms with Crippen LogP contribution in [-0.2, 0) is 24.3 Å². The van der Waals surface area contributed by atoms with E-state index in [4.69, 9.17) is 0 Å². The molecule has 4 atom stereocenters. The second-order valence-electron chi connectivity index (χ2n) is 17.0. The first-order chi connectivity index (χ1) is 31.2. The number of aliphatic hydroxyl groups excluding tert-OH is 2. The second kappa shape index (κ2) is 19.1. The van der Waals surface area contributed by atoms with Crippen molar-refractivity contribution in [2.75, 3.05) is 39.3 Å². The molecule has 8 rings (SSSR count). The van der Waals surface area contributed by atoms with Crippen LogP contribution in [0.2, 0.25) is 0 Å². The van der Waals surface area contributed by atoms with E-state index >= 15 is 0 Å². The number of nitrogens with zero attached hydrogens (tertiary/aromatic N) is 6. The summed E-state index contributed by atoms with van der Waals surface area (Å²) in [6, 6.07) is 25.2. The van der Waals surface area contributed by atoms with Crippen LogP contribution in [0.4, 0.5) is 37.7 Å². The molecule has 2 fully saturated rings. The molecular weight excluding hydrogens is 879 g/mol. The number of aliphatic hydroxyl groups is 4. The Morgan fingerprint density at radius 2 is 0.939 bits per heavy atom. The maximum absolute atomic E-state index is 14.4. The molecule has 4 aromatic carbocycles. The molecule has 0 aliphatic carbocycles. The number of benzene rings is 4. The van der Waals surface area contributed by atoms with Gasteiger partial charge < -0.3 is 29.6 Å². The lowest BCUT2D eigenvalue weighted by molar-refractivity contribution is -0.384. The number of hydrogen-bond donors (Lipinski definition) is 4. The molecule has 0 saturated carbocycles. The number of hydrogen-bond acceptors (Lipinski definition) is 10. The van der Waals surface area contributed by atoms with E-state index in [1.54, 1.807) is 48.5 Å². The summed E-state index contributed by atoms with van der Waals surface area (Å²) in [6.45, 7) is -0.417. The van der Waals surface area contributed by atoms with Crippen molar-refractivity contribution in [3.63, 3.8) is 0 Å². The molecule has 2 aromatic heterocycles. The molecular formula is C46H48F6N6O8. The van der Waals surface area contributed by atoms with Crippen molar-refractivity contribution in [3.8, 4) is 0 Å². The van der Waals surface area contributed by atoms with E-state index in [1.807, 2.05) is 12.1 Å². The predicted octanol–water partition coefficient (Wildman–Crippen LogP) is 7.61. The van der Waals surface area contributed by atoms with Gasteiger partial charge in [-0.3, -0.25) is 30.0 Å². The zero-order chi connectivity index (χ0) is 47.6. The van der Waals surface area contributed by atoms with E-state index in [1.165, 1.54) is 55.6 Å². The van der Waals surface area contributed by atoms with E-state index in [0.717, 1.165) is 23.3 Å². The average molecular weight is 927 g/mol. The van der Waals surface area contributed by atoms with Crippen LogP contribution in [0.5, 0.6) is 0 Å². The molecule has 0 spiro atoms. The molecule has 0 bridgehead atoms. The van der Waals surface area contributed by atoms with Gasteiger partial charge in [-0.05, 0) is 62.0 Å². The van der Waals surface area contributed by atoms with Crippen LogP contribution < -0.4 is 0 Å². The Morgan fingerprint density at radius 1 is 0.576 bits per heavy atom. The maximum Gasteiger partial charge on any atom is 0.422 e. The van der Waals surface area contributed by atoms with Gasteiger partial charge in [-0.15, -0.1) is 0 Å². The van der Waals surface area contributed by atoms with E-state index in [2.05, 4.69) is 0 Å². The van der Waals surface area contributed by atoms with Crippen molar-refractivity contribution in [3.05, 3.63) is 152 Å². The van der Waals surface area contributed by atoms with Crippen molar-refractivity contribution < 1.29 is 56.6 Å². The molecule has 20 heteroatoms. The lowest BCUT2D eigenvalue weighted by Crippen LogP contribution is -2.53. The van der Waals surface area contributed by atoms with Crippen molar-refractivity contribution in [1.29, 1.82) is 0 Å². The Hall–Kier alpha value is -5.90. The number of nitro groups is 2. The number of alkyl halides is 6. The fourth-order valence-electron chi connectivity index (χ4n) is 8.92. The third-order valence-corrected chi connectivity index (χ3v) is 12.2. The van der Waals surface area contributed by atoms with Crippen molar-refractivity contribution in [2.24, 2.45) is 0 Å². The highest BCUT2D eigenvalue weighted by atomic mass is 19.4. The lowest BCUT2D eigenvalue weighted by atomic mass is 9.91. The Balaban J connectivity index is 0.000000196. The molecule has 2 aliphatic rings. The summed E-state index contributed by atoms with van der Waals surface area (Å²) in [4.78, 5) is 24.2. The molecule has 0 amide bonds. The number of likely N-dealkylation sites (tertiary alicyclic amines) is 2. The fraction of sp³-hybridized carbons (Fsp3) is 0.391. The topological polar surface area (TPSA) is 184 Å². The van der Waals surface area contributed by atoms with Crippen LogP contribution in [0, 0.1) is 20.2 Å². The van der Waals surface area contributed by atoms with Crippen LogP contribution >= 0.6 is 0 Å². The Morgan fingerprint density at radius 3 is 1.26 bits per heavy atom. The second-order valence-corrected chi connectivity index (χ2v) is 17.0. The van der Waals surface area contributed by atoms with E-state index in [-0.39, 0.29) is 70.5 Å². The minimum atomic E-state index is -5.01. The monoisotopic (exact) mass is 926 g/mol. The highest BCUT2D eigenvalue weighted by Gasteiger charge is 2.58. The highest BCUT2D eigenvalue weighted by Crippen LogP contribution is 2.46. The number of nitro benzene ring substituents is 2. The summed E-state index contributed by atoms with van der Waals surface area (Å²) in [6.07, 6.45) is -7.01. The van der Waals surface area contributed by atoms with Gasteiger partial charge >= 0.3 is 12.4 Å². The Kier molecular flexibility index (Phi) is 13.9. The fourth-order valence-corrected chi connectivity index (χ4v) is 8.92. The van der Waals surface area contributed by atoms with Gasteiger partial charge in [-0.1, -0.05) is 60.7 Å². The van der Waals surface area contributed by atoms with Crippen molar-refractivity contribution in [1.82, 2.24) is 18.9 Å². The van der Waals surface area contributed by atoms with Gasteiger partial charge in [0.05, 0.1) is 33.1 Å². The largest absolute Gasteiger partial charge is 0.422 e. The lowest BCUT2D eigenvalue weighted by Gasteiger charge is -2.38. The summed E-state index contributed by atoms with van der Waals surface area (Å²) in [5.41, 5.74) is -5.64. The zero-order valence-electron chi connectivity index (χ0n) is 35.4. The third kappa shape index (κ3) is 10.2. The molecule has 2 aliphatic heterocycles. The minimum absolute atomic E-state index is 0.0342. The maximum atomic E-state index is 14.4. The SMILES string of the molecule is O=[N+]([O-])c1ccc2c(C(O)(CN3CCCC(O)C3)C(F)(F)F)cn(Cc3ccccc3)c2c1.O=[N+]([O-])c1ccc2c(C(O)(CN3CCCC(O)C3)C(F)(F)F)cn(Cc3ccccc3)c2c1. The van der Waals surface area contributed by atoms with Crippen LogP contribution in [0.3, 0.4) is 0 Å². The van der Waals surface area contributed by atoms with Crippen molar-refractivity contribution >= 4 is 33.2 Å². The van der Waals surface area contributed by atoms with Gasteiger partial charge in [0, 0.05) is 97.8 Å². The first kappa shape index (κ1) is 48.0. The number of non-ortho nitro benzene ring substituents is 2. The first-order valence-electron chi connectivity index (χ1n) is 21.2. The molecule has 4 N–H and O–H groups in total.